The summed E-state index contributed by atoms with van der Waals surface area (Å²) in [5.74, 6) is 0. The maximum Gasteiger partial charge on any atom is 0.314 e. The van der Waals surface area contributed by atoms with E-state index < -0.39 is 8.25 Å². The Hall–Kier alpha value is -1.22. The van der Waals surface area contributed by atoms with Gasteiger partial charge in [-0.1, -0.05) is 24.3 Å². The largest absolute Gasteiger partial charge is 0.326 e. The first-order valence-corrected chi connectivity index (χ1v) is 5.64. The number of fused-ring (bicyclic) bond motifs is 1. The highest BCUT2D eigenvalue weighted by Gasteiger charge is 1.90. The lowest BCUT2D eigenvalue weighted by Crippen LogP contribution is -1.80. The lowest BCUT2D eigenvalue weighted by atomic mass is 10.2. The van der Waals surface area contributed by atoms with Gasteiger partial charge in [0.25, 0.3) is 0 Å². The molecule has 1 heterocycles. The van der Waals surface area contributed by atoms with Crippen LogP contribution in [0.25, 0.3) is 10.9 Å². The zero-order valence-electron chi connectivity index (χ0n) is 8.21. The van der Waals surface area contributed by atoms with Gasteiger partial charge in [-0.15, -0.1) is 0 Å². The van der Waals surface area contributed by atoms with Crippen molar-refractivity contribution in [1.29, 1.82) is 0 Å². The van der Waals surface area contributed by atoms with E-state index in [1.807, 2.05) is 31.2 Å². The number of pyridine rings is 1. The fourth-order valence-corrected chi connectivity index (χ4v) is 1.17. The van der Waals surface area contributed by atoms with Gasteiger partial charge in [0.05, 0.1) is 5.52 Å². The predicted octanol–water partition coefficient (Wildman–Crippen LogP) is 1.90. The Morgan fingerprint density at radius 3 is 2.40 bits per heavy atom. The molecule has 0 fully saturated rings. The van der Waals surface area contributed by atoms with E-state index >= 15 is 0 Å². The molecular weight excluding hydrogens is 213 g/mol. The van der Waals surface area contributed by atoms with Gasteiger partial charge in [-0.2, -0.15) is 0 Å². The van der Waals surface area contributed by atoms with E-state index in [2.05, 4.69) is 17.1 Å². The van der Waals surface area contributed by atoms with Crippen LogP contribution in [0, 0.1) is 6.92 Å². The first-order chi connectivity index (χ1) is 7.09. The maximum atomic E-state index is 8.74. The predicted molar refractivity (Wildman–Crippen MR) is 59.9 cm³/mol. The third-order valence-corrected chi connectivity index (χ3v) is 1.74. The van der Waals surface area contributed by atoms with Gasteiger partial charge >= 0.3 is 8.25 Å². The number of benzene rings is 1. The summed E-state index contributed by atoms with van der Waals surface area (Å²) < 4.78 is 8.74. The summed E-state index contributed by atoms with van der Waals surface area (Å²) in [6.07, 6.45) is 0. The first kappa shape index (κ1) is 11.9. The normalized spacial score (nSPS) is 9.87. The van der Waals surface area contributed by atoms with Crippen molar-refractivity contribution in [3.63, 3.8) is 0 Å². The van der Waals surface area contributed by atoms with Crippen molar-refractivity contribution in [2.75, 3.05) is 0 Å². The van der Waals surface area contributed by atoms with Gasteiger partial charge in [-0.05, 0) is 19.1 Å². The highest BCUT2D eigenvalue weighted by molar-refractivity contribution is 7.30. The molecule has 1 aromatic carbocycles. The number of rotatable bonds is 0. The SMILES string of the molecule is Cc1ccc2ccccc2n1.O=[PH](O)O. The van der Waals surface area contributed by atoms with Crippen LogP contribution in [0.15, 0.2) is 36.4 Å². The van der Waals surface area contributed by atoms with Crippen molar-refractivity contribution >= 4 is 19.2 Å². The molecule has 2 N–H and O–H groups in total. The molecule has 0 aliphatic heterocycles. The summed E-state index contributed by atoms with van der Waals surface area (Å²) in [7, 11) is -3.13. The molecule has 2 rings (SSSR count). The molecule has 5 heteroatoms. The summed E-state index contributed by atoms with van der Waals surface area (Å²) in [5, 5.41) is 1.21. The summed E-state index contributed by atoms with van der Waals surface area (Å²) in [4.78, 5) is 18.7. The van der Waals surface area contributed by atoms with Gasteiger partial charge in [0.2, 0.25) is 0 Å². The number of nitrogens with zero attached hydrogens (tertiary/aromatic N) is 1. The van der Waals surface area contributed by atoms with Gasteiger partial charge in [-0.3, -0.25) is 9.55 Å². The van der Waals surface area contributed by atoms with Gasteiger partial charge in [-0.25, -0.2) is 0 Å². The number of hydrogen-bond donors (Lipinski definition) is 2. The summed E-state index contributed by atoms with van der Waals surface area (Å²) in [6.45, 7) is 2.01. The van der Waals surface area contributed by atoms with Crippen LogP contribution in [0.5, 0.6) is 0 Å². The zero-order valence-corrected chi connectivity index (χ0v) is 9.21. The summed E-state index contributed by atoms with van der Waals surface area (Å²) in [6, 6.07) is 12.3. The summed E-state index contributed by atoms with van der Waals surface area (Å²) in [5.41, 5.74) is 2.15. The average molecular weight is 225 g/mol. The maximum absolute atomic E-state index is 8.74. The number of hydrogen-bond acceptors (Lipinski definition) is 2. The van der Waals surface area contributed by atoms with Crippen molar-refractivity contribution in [2.45, 2.75) is 6.92 Å². The quantitative estimate of drug-likeness (QED) is 0.672. The van der Waals surface area contributed by atoms with Gasteiger partial charge < -0.3 is 9.79 Å². The van der Waals surface area contributed by atoms with Crippen LogP contribution in [-0.2, 0) is 4.57 Å². The fourth-order valence-electron chi connectivity index (χ4n) is 1.17. The molecule has 4 nitrogen and oxygen atoms in total. The molecule has 0 bridgehead atoms. The molecule has 0 aliphatic carbocycles. The summed E-state index contributed by atoms with van der Waals surface area (Å²) >= 11 is 0. The number of para-hydroxylation sites is 1. The van der Waals surface area contributed by atoms with Gasteiger partial charge in [0.1, 0.15) is 0 Å². The standard InChI is InChI=1S/C10H9N.H3O3P/c1-8-6-7-9-4-2-3-5-10(9)11-8;1-4(2)3/h2-7H,1H3;4H,(H2,1,2,3). The van der Waals surface area contributed by atoms with Crippen LogP contribution in [0.2, 0.25) is 0 Å². The van der Waals surface area contributed by atoms with Gasteiger partial charge in [0, 0.05) is 11.1 Å². The molecule has 2 aromatic rings. The fraction of sp³-hybridized carbons (Fsp3) is 0.100. The Bertz CT molecular complexity index is 469. The molecule has 0 unspecified atom stereocenters. The minimum Gasteiger partial charge on any atom is -0.326 e. The van der Waals surface area contributed by atoms with Crippen molar-refractivity contribution in [3.05, 3.63) is 42.1 Å². The minimum atomic E-state index is -3.13. The van der Waals surface area contributed by atoms with Crippen LogP contribution in [0.1, 0.15) is 5.69 Å². The second kappa shape index (κ2) is 5.61. The Morgan fingerprint density at radius 1 is 1.13 bits per heavy atom. The Morgan fingerprint density at radius 2 is 1.73 bits per heavy atom. The molecule has 0 amide bonds. The molecule has 0 saturated carbocycles. The van der Waals surface area contributed by atoms with E-state index in [4.69, 9.17) is 14.4 Å². The van der Waals surface area contributed by atoms with E-state index in [1.165, 1.54) is 5.39 Å². The first-order valence-electron chi connectivity index (χ1n) is 4.34. The zero-order chi connectivity index (χ0) is 11.3. The Balaban J connectivity index is 0.000000245. The van der Waals surface area contributed by atoms with Crippen LogP contribution < -0.4 is 0 Å². The van der Waals surface area contributed by atoms with E-state index in [9.17, 15) is 0 Å². The topological polar surface area (TPSA) is 70.4 Å². The van der Waals surface area contributed by atoms with E-state index in [-0.39, 0.29) is 0 Å². The number of aryl methyl sites for hydroxylation is 1. The van der Waals surface area contributed by atoms with Crippen molar-refractivity contribution in [1.82, 2.24) is 4.98 Å². The van der Waals surface area contributed by atoms with E-state index in [0.717, 1.165) is 11.2 Å². The molecule has 1 aromatic heterocycles. The molecule has 0 spiro atoms. The van der Waals surface area contributed by atoms with Gasteiger partial charge in [0.15, 0.2) is 0 Å². The second-order valence-electron chi connectivity index (χ2n) is 2.93. The Labute approximate surface area is 88.2 Å². The Kier molecular flexibility index (Phi) is 4.43. The molecule has 80 valence electrons. The van der Waals surface area contributed by atoms with Crippen molar-refractivity contribution in [2.24, 2.45) is 0 Å². The molecule has 0 atom stereocenters. The van der Waals surface area contributed by atoms with Crippen LogP contribution in [0.4, 0.5) is 0 Å². The smallest absolute Gasteiger partial charge is 0.314 e. The van der Waals surface area contributed by atoms with Crippen LogP contribution in [0.3, 0.4) is 0 Å². The van der Waals surface area contributed by atoms with Crippen LogP contribution in [-0.4, -0.2) is 14.8 Å². The van der Waals surface area contributed by atoms with Crippen molar-refractivity contribution < 1.29 is 14.4 Å². The molecule has 15 heavy (non-hydrogen) atoms. The lowest BCUT2D eigenvalue weighted by Gasteiger charge is -1.95. The number of aromatic nitrogens is 1. The third kappa shape index (κ3) is 4.21. The lowest BCUT2D eigenvalue weighted by molar-refractivity contribution is 0.405. The highest BCUT2D eigenvalue weighted by Crippen LogP contribution is 2.10. The van der Waals surface area contributed by atoms with Crippen LogP contribution >= 0.6 is 8.25 Å². The molecule has 0 radical (unpaired) electrons. The molecule has 0 aliphatic rings. The van der Waals surface area contributed by atoms with E-state index in [0.29, 0.717) is 0 Å². The molecule has 0 saturated heterocycles. The molecular formula is C10H12NO3P. The van der Waals surface area contributed by atoms with E-state index in [1.54, 1.807) is 0 Å². The third-order valence-electron chi connectivity index (χ3n) is 1.74. The average Bonchev–Trinajstić information content (AvgIpc) is 2.16. The highest BCUT2D eigenvalue weighted by atomic mass is 31.1. The second-order valence-corrected chi connectivity index (χ2v) is 3.49. The monoisotopic (exact) mass is 225 g/mol. The van der Waals surface area contributed by atoms with Crippen molar-refractivity contribution in [3.8, 4) is 0 Å². The minimum absolute atomic E-state index is 1.07.